The van der Waals surface area contributed by atoms with Crippen molar-refractivity contribution in [1.82, 2.24) is 0 Å². The normalized spacial score (nSPS) is 11.1. The van der Waals surface area contributed by atoms with Gasteiger partial charge in [0.25, 0.3) is 0 Å². The molecule has 0 aromatic carbocycles. The lowest BCUT2D eigenvalue weighted by molar-refractivity contribution is -0.148. The van der Waals surface area contributed by atoms with Gasteiger partial charge in [-0.15, -0.1) is 0 Å². The van der Waals surface area contributed by atoms with E-state index in [0.717, 1.165) is 64.2 Å². The van der Waals surface area contributed by atoms with Crippen molar-refractivity contribution in [3.8, 4) is 0 Å². The Morgan fingerprint density at radius 1 is 0.232 bits per heavy atom. The molecule has 0 bridgehead atoms. The number of rotatable bonds is 84. The fourth-order valence-electron chi connectivity index (χ4n) is 13.6. The van der Waals surface area contributed by atoms with Crippen LogP contribution in [0.4, 0.5) is 0 Å². The van der Waals surface area contributed by atoms with E-state index in [1.807, 2.05) is 0 Å². The van der Waals surface area contributed by atoms with Crippen molar-refractivity contribution in [2.45, 2.75) is 523 Å². The summed E-state index contributed by atoms with van der Waals surface area (Å²) in [5.74, 6) is -0.430. The molecule has 17 heteroatoms. The summed E-state index contributed by atoms with van der Waals surface area (Å²) < 4.78 is 0. The van der Waals surface area contributed by atoms with Crippen LogP contribution in [0.5, 0.6) is 0 Å². The number of hydrogen-bond acceptors (Lipinski definition) is 11. The largest absolute Gasteiger partial charge is 0.502 e. The SMILES string of the molecule is CCCCCCCCCCCCC(CCCCCCCCCCCC)(CSCCC(=O)O)C(=O)O.CCCCCCCCCCCCCCC(O)=S.CCCCCCCCCCCCCCC(O)=S.CCCCCCCCCCCCCCC(O)=S.CCCCCCCCCCCCCCC(O)=S.OCC(CO)(CO)CO. The van der Waals surface area contributed by atoms with Gasteiger partial charge in [0.1, 0.15) is 0 Å². The number of aliphatic hydroxyl groups is 8. The molecule has 112 heavy (non-hydrogen) atoms. The number of unbranched alkanes of at least 4 members (excludes halogenated alkanes) is 62. The van der Waals surface area contributed by atoms with E-state index in [1.54, 1.807) is 0 Å². The molecule has 0 aliphatic rings. The maximum atomic E-state index is 12.4. The minimum absolute atomic E-state index is 0.108. The van der Waals surface area contributed by atoms with Gasteiger partial charge in [0.15, 0.2) is 20.2 Å². The summed E-state index contributed by atoms with van der Waals surface area (Å²) in [5.41, 5.74) is -1.80. The number of thiocarbonyl (C=S) groups is 4. The highest BCUT2D eigenvalue weighted by Crippen LogP contribution is 2.37. The predicted octanol–water partition coefficient (Wildman–Crippen LogP) is 31.7. The molecular weight excluding hydrogens is 1490 g/mol. The van der Waals surface area contributed by atoms with Gasteiger partial charge in [0.2, 0.25) is 0 Å². The molecule has 0 saturated carbocycles. The quantitative estimate of drug-likeness (QED) is 0.0201. The van der Waals surface area contributed by atoms with Crippen molar-refractivity contribution < 1.29 is 60.7 Å². The van der Waals surface area contributed by atoms with E-state index in [1.165, 1.54) is 397 Å². The van der Waals surface area contributed by atoms with Crippen molar-refractivity contribution in [2.24, 2.45) is 10.8 Å². The Morgan fingerprint density at radius 2 is 0.384 bits per heavy atom. The third kappa shape index (κ3) is 111. The van der Waals surface area contributed by atoms with Crippen molar-refractivity contribution in [1.29, 1.82) is 0 Å². The van der Waals surface area contributed by atoms with E-state index in [-0.39, 0.29) is 26.6 Å². The number of carbonyl (C=O) groups is 2. The zero-order valence-corrected chi connectivity index (χ0v) is 78.7. The minimum Gasteiger partial charge on any atom is -0.502 e. The molecule has 0 rings (SSSR count). The second-order valence-electron chi connectivity index (χ2n) is 32.9. The lowest BCUT2D eigenvalue weighted by Crippen LogP contribution is -2.37. The second-order valence-corrected chi connectivity index (χ2v) is 35.9. The molecule has 672 valence electrons. The average molecular weight is 1680 g/mol. The summed E-state index contributed by atoms with van der Waals surface area (Å²) in [6, 6.07) is 0. The van der Waals surface area contributed by atoms with Crippen LogP contribution in [0.25, 0.3) is 0 Å². The lowest BCUT2D eigenvalue weighted by Gasteiger charge is -2.29. The van der Waals surface area contributed by atoms with Crippen LogP contribution in [0.15, 0.2) is 0 Å². The first-order valence-electron chi connectivity index (χ1n) is 47.6. The summed E-state index contributed by atoms with van der Waals surface area (Å²) >= 11 is 20.0. The van der Waals surface area contributed by atoms with Gasteiger partial charge >= 0.3 is 11.9 Å². The summed E-state index contributed by atoms with van der Waals surface area (Å²) in [6.07, 6.45) is 94.3. The van der Waals surface area contributed by atoms with Crippen LogP contribution in [0.1, 0.15) is 523 Å². The lowest BCUT2D eigenvalue weighted by atomic mass is 9.79. The average Bonchev–Trinajstić information content (AvgIpc) is 0.832. The van der Waals surface area contributed by atoms with Crippen molar-refractivity contribution in [3.05, 3.63) is 0 Å². The van der Waals surface area contributed by atoms with Gasteiger partial charge in [0, 0.05) is 37.2 Å². The second kappa shape index (κ2) is 106. The van der Waals surface area contributed by atoms with Gasteiger partial charge in [0.05, 0.1) is 43.7 Å². The van der Waals surface area contributed by atoms with Crippen molar-refractivity contribution in [2.75, 3.05) is 37.9 Å². The Balaban J connectivity index is -0.000000316. The van der Waals surface area contributed by atoms with Gasteiger partial charge < -0.3 is 51.1 Å². The molecule has 0 aliphatic carbocycles. The van der Waals surface area contributed by atoms with Gasteiger partial charge in [-0.05, 0) is 87.4 Å². The smallest absolute Gasteiger partial charge is 0.310 e. The number of carboxylic acid groups (broad SMARTS) is 2. The summed E-state index contributed by atoms with van der Waals surface area (Å²) in [6.45, 7) is 11.9. The Labute approximate surface area is 720 Å². The molecule has 0 fully saturated rings. The minimum atomic E-state index is -1.11. The standard InChI is InChI=1S/C30H58O4S.4C15H30OS.C5H12O4/c1-3-5-7-9-11-13-15-17-19-21-24-30(29(33)34,27-35-26-23-28(31)32)25-22-20-18-16-14-12-10-8-6-4-2;4*1-2-3-4-5-6-7-8-9-10-11-12-13-14-15(16)17;6-1-5(2-7,3-8)4-9/h3-27H2,1-2H3,(H,31,32)(H,33,34);4*2-14H2,1H3,(H,16,17);6-9H,1-4H2. The summed E-state index contributed by atoms with van der Waals surface area (Å²) in [7, 11) is 0. The van der Waals surface area contributed by atoms with Gasteiger partial charge in [-0.25, -0.2) is 0 Å². The fourth-order valence-corrected chi connectivity index (χ4v) is 15.5. The third-order valence-electron chi connectivity index (χ3n) is 21.6. The molecule has 0 heterocycles. The summed E-state index contributed by atoms with van der Waals surface area (Å²) in [5, 5.41) is 89.2. The monoisotopic (exact) mass is 1680 g/mol. The molecular formula is C95H190O12S5. The maximum absolute atomic E-state index is 12.4. The van der Waals surface area contributed by atoms with E-state index in [0.29, 0.717) is 37.2 Å². The third-order valence-corrected chi connectivity index (χ3v) is 23.7. The molecule has 0 saturated heterocycles. The molecule has 0 aliphatic heterocycles. The highest BCUT2D eigenvalue weighted by atomic mass is 32.2. The van der Waals surface area contributed by atoms with E-state index in [4.69, 9.17) is 46.0 Å². The van der Waals surface area contributed by atoms with Crippen molar-refractivity contribution >= 4 is 92.8 Å². The number of thioether (sulfide) groups is 1. The molecule has 0 unspecified atom stereocenters. The van der Waals surface area contributed by atoms with Crippen molar-refractivity contribution in [3.63, 3.8) is 0 Å². The molecule has 0 amide bonds. The highest BCUT2D eigenvalue weighted by molar-refractivity contribution is 7.99. The van der Waals surface area contributed by atoms with Gasteiger partial charge in [-0.2, -0.15) is 11.8 Å². The van der Waals surface area contributed by atoms with Crippen LogP contribution in [0.2, 0.25) is 0 Å². The highest BCUT2D eigenvalue weighted by Gasteiger charge is 2.37. The zero-order valence-electron chi connectivity index (χ0n) is 74.6. The molecule has 0 aromatic rings. The van der Waals surface area contributed by atoms with Crippen LogP contribution < -0.4 is 0 Å². The molecule has 10 N–H and O–H groups in total. The van der Waals surface area contributed by atoms with Crippen LogP contribution in [-0.2, 0) is 9.59 Å². The number of aliphatic hydroxyl groups excluding tert-OH is 8. The van der Waals surface area contributed by atoms with Gasteiger partial charge in [-0.3, -0.25) is 9.59 Å². The Morgan fingerprint density at radius 3 is 0.509 bits per heavy atom. The molecule has 0 aromatic heterocycles. The number of carboxylic acids is 2. The van der Waals surface area contributed by atoms with Gasteiger partial charge in [-0.1, -0.05) is 452 Å². The Kier molecular flexibility index (Phi) is 115. The van der Waals surface area contributed by atoms with E-state index in [2.05, 4.69) is 90.4 Å². The van der Waals surface area contributed by atoms with E-state index < -0.39 is 49.2 Å². The van der Waals surface area contributed by atoms with Crippen LogP contribution in [-0.4, -0.2) is 121 Å². The van der Waals surface area contributed by atoms with Crippen LogP contribution >= 0.6 is 60.6 Å². The fraction of sp³-hybridized carbons (Fsp3) is 0.937. The number of aliphatic carboxylic acids is 2. The summed E-state index contributed by atoms with van der Waals surface area (Å²) in [4.78, 5) is 23.3. The molecule has 12 nitrogen and oxygen atoms in total. The van der Waals surface area contributed by atoms with E-state index >= 15 is 0 Å². The Hall–Kier alpha value is -1.31. The molecule has 0 radical (unpaired) electrons. The molecule has 0 atom stereocenters. The van der Waals surface area contributed by atoms with Crippen LogP contribution in [0.3, 0.4) is 0 Å². The van der Waals surface area contributed by atoms with Crippen LogP contribution in [0, 0.1) is 10.8 Å². The number of hydrogen-bond donors (Lipinski definition) is 10. The first kappa shape index (κ1) is 122. The zero-order chi connectivity index (χ0) is 84.4. The predicted molar refractivity (Wildman–Crippen MR) is 507 cm³/mol. The van der Waals surface area contributed by atoms with E-state index in [9.17, 15) is 14.7 Å². The first-order chi connectivity index (χ1) is 54.3. The molecule has 0 spiro atoms. The maximum Gasteiger partial charge on any atom is 0.310 e. The topological polar surface area (TPSA) is 236 Å². The first-order valence-corrected chi connectivity index (χ1v) is 50.4. The Bertz CT molecular complexity index is 1680.